The number of hydrogen-bond acceptors (Lipinski definition) is 5. The minimum atomic E-state index is -0.815. The minimum absolute atomic E-state index is 0.0217. The zero-order chi connectivity index (χ0) is 19.8. The molecule has 148 valence electrons. The minimum Gasteiger partial charge on any atom is -0.480 e. The molecule has 0 saturated carbocycles. The number of nitrogens with zero attached hydrogens (tertiary/aromatic N) is 4. The lowest BCUT2D eigenvalue weighted by atomic mass is 10.1. The highest BCUT2D eigenvalue weighted by Crippen LogP contribution is 2.26. The molecule has 0 bridgehead atoms. The monoisotopic (exact) mass is 389 g/mol. The molecule has 2 aromatic carbocycles. The van der Waals surface area contributed by atoms with Crippen LogP contribution in [0.5, 0.6) is 0 Å². The molecule has 2 N–H and O–H groups in total. The summed E-state index contributed by atoms with van der Waals surface area (Å²) in [6, 6.07) is 16.6. The highest BCUT2D eigenvalue weighted by molar-refractivity contribution is 5.73. The van der Waals surface area contributed by atoms with Crippen LogP contribution >= 0.6 is 0 Å². The summed E-state index contributed by atoms with van der Waals surface area (Å²) < 4.78 is 1.78. The topological polar surface area (TPSA) is 83.3 Å². The van der Waals surface area contributed by atoms with Crippen molar-refractivity contribution < 1.29 is 9.90 Å². The Hall–Kier alpha value is -3.03. The number of aliphatic carboxylic acids is 1. The van der Waals surface area contributed by atoms with Gasteiger partial charge in [0.15, 0.2) is 0 Å². The van der Waals surface area contributed by atoms with Crippen molar-refractivity contribution in [2.45, 2.75) is 38.1 Å². The number of carboxylic acid groups (broad SMARTS) is 1. The van der Waals surface area contributed by atoms with Gasteiger partial charge >= 0.3 is 5.97 Å². The fourth-order valence-corrected chi connectivity index (χ4v) is 4.25. The summed E-state index contributed by atoms with van der Waals surface area (Å²) in [5, 5.41) is 20.6. The zero-order valence-corrected chi connectivity index (χ0v) is 16.0. The third-order valence-corrected chi connectivity index (χ3v) is 5.85. The normalized spacial score (nSPS) is 21.4. The molecule has 29 heavy (non-hydrogen) atoms. The van der Waals surface area contributed by atoms with Crippen LogP contribution in [0.15, 0.2) is 54.7 Å². The van der Waals surface area contributed by atoms with E-state index in [1.54, 1.807) is 4.68 Å². The van der Waals surface area contributed by atoms with Crippen LogP contribution in [0.1, 0.15) is 29.2 Å². The summed E-state index contributed by atoms with van der Waals surface area (Å²) >= 11 is 0. The molecule has 2 aliphatic heterocycles. The number of aromatic nitrogens is 3. The van der Waals surface area contributed by atoms with Crippen molar-refractivity contribution >= 4 is 5.97 Å². The van der Waals surface area contributed by atoms with Crippen LogP contribution in [0.2, 0.25) is 0 Å². The summed E-state index contributed by atoms with van der Waals surface area (Å²) in [4.78, 5) is 13.6. The van der Waals surface area contributed by atoms with E-state index in [9.17, 15) is 4.79 Å². The summed E-state index contributed by atoms with van der Waals surface area (Å²) in [7, 11) is 0. The standard InChI is InChI=1S/C22H23N5O2/c28-22(29)20-9-19(10-23-20)27-14-21(24-25-27)16-7-5-15(6-8-16)11-26-12-17-3-1-2-4-18(17)13-26/h1-8,14,19-20,23H,9-13H2,(H,28,29)/t19-,20-/m0/s1. The fourth-order valence-electron chi connectivity index (χ4n) is 4.25. The molecule has 0 aliphatic carbocycles. The Kier molecular flexibility index (Phi) is 4.61. The van der Waals surface area contributed by atoms with Crippen molar-refractivity contribution in [3.05, 3.63) is 71.4 Å². The quantitative estimate of drug-likeness (QED) is 0.697. The average molecular weight is 389 g/mol. The van der Waals surface area contributed by atoms with Crippen LogP contribution in [-0.2, 0) is 24.4 Å². The zero-order valence-electron chi connectivity index (χ0n) is 16.0. The van der Waals surface area contributed by atoms with E-state index in [1.807, 2.05) is 6.20 Å². The van der Waals surface area contributed by atoms with Crippen LogP contribution in [0.3, 0.4) is 0 Å². The van der Waals surface area contributed by atoms with Gasteiger partial charge in [0.25, 0.3) is 0 Å². The van der Waals surface area contributed by atoms with E-state index >= 15 is 0 Å². The van der Waals surface area contributed by atoms with E-state index < -0.39 is 12.0 Å². The first-order chi connectivity index (χ1) is 14.2. The van der Waals surface area contributed by atoms with Crippen LogP contribution in [0, 0.1) is 0 Å². The van der Waals surface area contributed by atoms with Crippen molar-refractivity contribution in [2.24, 2.45) is 0 Å². The van der Waals surface area contributed by atoms with Crippen LogP contribution in [-0.4, -0.2) is 43.6 Å². The Morgan fingerprint density at radius 3 is 2.48 bits per heavy atom. The molecule has 2 aliphatic rings. The van der Waals surface area contributed by atoms with Gasteiger partial charge in [-0.3, -0.25) is 9.69 Å². The lowest BCUT2D eigenvalue weighted by Crippen LogP contribution is -2.29. The van der Waals surface area contributed by atoms with Gasteiger partial charge in [0.2, 0.25) is 0 Å². The van der Waals surface area contributed by atoms with Gasteiger partial charge in [-0.25, -0.2) is 4.68 Å². The van der Waals surface area contributed by atoms with Gasteiger partial charge in [-0.2, -0.15) is 0 Å². The maximum atomic E-state index is 11.1. The molecule has 1 saturated heterocycles. The second kappa shape index (κ2) is 7.42. The van der Waals surface area contributed by atoms with Crippen molar-refractivity contribution in [3.8, 4) is 11.3 Å². The average Bonchev–Trinajstić information content (AvgIpc) is 3.46. The molecule has 1 fully saturated rings. The van der Waals surface area contributed by atoms with Crippen LogP contribution in [0.25, 0.3) is 11.3 Å². The van der Waals surface area contributed by atoms with Crippen molar-refractivity contribution in [2.75, 3.05) is 6.54 Å². The Morgan fingerprint density at radius 2 is 1.83 bits per heavy atom. The number of nitrogens with one attached hydrogen (secondary N) is 1. The molecule has 5 rings (SSSR count). The number of carbonyl (C=O) groups is 1. The molecule has 1 aromatic heterocycles. The van der Waals surface area contributed by atoms with Gasteiger partial charge in [0.1, 0.15) is 11.7 Å². The lowest BCUT2D eigenvalue weighted by Gasteiger charge is -2.14. The molecule has 0 amide bonds. The second-order valence-electron chi connectivity index (χ2n) is 7.88. The Balaban J connectivity index is 1.23. The summed E-state index contributed by atoms with van der Waals surface area (Å²) in [5.74, 6) is -0.815. The highest BCUT2D eigenvalue weighted by atomic mass is 16.4. The summed E-state index contributed by atoms with van der Waals surface area (Å²) in [5.41, 5.74) is 5.95. The van der Waals surface area contributed by atoms with Crippen LogP contribution in [0.4, 0.5) is 0 Å². The maximum absolute atomic E-state index is 11.1. The summed E-state index contributed by atoms with van der Waals surface area (Å²) in [6.45, 7) is 3.51. The molecular formula is C22H23N5O2. The van der Waals surface area contributed by atoms with Gasteiger partial charge in [-0.1, -0.05) is 53.7 Å². The van der Waals surface area contributed by atoms with E-state index in [2.05, 4.69) is 69.1 Å². The lowest BCUT2D eigenvalue weighted by molar-refractivity contribution is -0.139. The van der Waals surface area contributed by atoms with E-state index in [0.717, 1.165) is 30.9 Å². The van der Waals surface area contributed by atoms with Gasteiger partial charge in [-0.15, -0.1) is 5.10 Å². The van der Waals surface area contributed by atoms with Crippen molar-refractivity contribution in [1.29, 1.82) is 0 Å². The molecule has 0 radical (unpaired) electrons. The molecule has 7 nitrogen and oxygen atoms in total. The predicted octanol–water partition coefficient (Wildman–Crippen LogP) is 2.45. The third kappa shape index (κ3) is 3.66. The molecule has 3 heterocycles. The number of carboxylic acids is 1. The molecule has 7 heteroatoms. The Bertz CT molecular complexity index is 1000. The summed E-state index contributed by atoms with van der Waals surface area (Å²) in [6.07, 6.45) is 2.43. The first-order valence-corrected chi connectivity index (χ1v) is 9.92. The molecule has 2 atom stereocenters. The largest absolute Gasteiger partial charge is 0.480 e. The predicted molar refractivity (Wildman–Crippen MR) is 108 cm³/mol. The van der Waals surface area contributed by atoms with E-state index in [-0.39, 0.29) is 6.04 Å². The van der Waals surface area contributed by atoms with E-state index in [0.29, 0.717) is 13.0 Å². The van der Waals surface area contributed by atoms with Gasteiger partial charge in [0.05, 0.1) is 12.2 Å². The smallest absolute Gasteiger partial charge is 0.320 e. The Morgan fingerprint density at radius 1 is 1.10 bits per heavy atom. The SMILES string of the molecule is O=C(O)[C@@H]1C[C@H](n2cc(-c3ccc(CN4Cc5ccccc5C4)cc3)nn2)CN1. The van der Waals surface area contributed by atoms with Gasteiger partial charge < -0.3 is 10.4 Å². The molecule has 0 unspecified atom stereocenters. The third-order valence-electron chi connectivity index (χ3n) is 5.85. The first kappa shape index (κ1) is 18.0. The number of benzene rings is 2. The Labute approximate surface area is 169 Å². The molecule has 0 spiro atoms. The van der Waals surface area contributed by atoms with Gasteiger partial charge in [0, 0.05) is 31.7 Å². The first-order valence-electron chi connectivity index (χ1n) is 9.92. The molecular weight excluding hydrogens is 366 g/mol. The van der Waals surface area contributed by atoms with E-state index in [4.69, 9.17) is 5.11 Å². The highest BCUT2D eigenvalue weighted by Gasteiger charge is 2.31. The second-order valence-corrected chi connectivity index (χ2v) is 7.88. The fraction of sp³-hybridized carbons (Fsp3) is 0.318. The number of rotatable bonds is 5. The van der Waals surface area contributed by atoms with E-state index in [1.165, 1.54) is 16.7 Å². The number of fused-ring (bicyclic) bond motifs is 1. The van der Waals surface area contributed by atoms with Crippen molar-refractivity contribution in [1.82, 2.24) is 25.2 Å². The molecule has 3 aromatic rings. The maximum Gasteiger partial charge on any atom is 0.320 e. The number of hydrogen-bond donors (Lipinski definition) is 2. The van der Waals surface area contributed by atoms with Crippen molar-refractivity contribution in [3.63, 3.8) is 0 Å². The van der Waals surface area contributed by atoms with Gasteiger partial charge in [-0.05, 0) is 23.1 Å². The van der Waals surface area contributed by atoms with Crippen LogP contribution < -0.4 is 5.32 Å².